The molecule has 1 saturated heterocycles. The lowest BCUT2D eigenvalue weighted by atomic mass is 9.97. The van der Waals surface area contributed by atoms with Gasteiger partial charge in [-0.15, -0.1) is 12.4 Å². The van der Waals surface area contributed by atoms with Gasteiger partial charge in [0.05, 0.1) is 12.5 Å². The molecule has 0 spiro atoms. The highest BCUT2D eigenvalue weighted by atomic mass is 35.5. The Morgan fingerprint density at radius 3 is 2.61 bits per heavy atom. The maximum absolute atomic E-state index is 11.9. The molecule has 1 fully saturated rings. The molecule has 1 aliphatic heterocycles. The zero-order valence-electron chi connectivity index (χ0n) is 13.6. The Kier molecular flexibility index (Phi) is 11.4. The van der Waals surface area contributed by atoms with Gasteiger partial charge in [0, 0.05) is 26.2 Å². The van der Waals surface area contributed by atoms with Gasteiger partial charge in [-0.25, -0.2) is 4.79 Å². The maximum Gasteiger partial charge on any atom is 0.321 e. The summed E-state index contributed by atoms with van der Waals surface area (Å²) in [6, 6.07) is -0.471. The molecule has 1 heterocycles. The van der Waals surface area contributed by atoms with Crippen LogP contribution in [0.2, 0.25) is 0 Å². The van der Waals surface area contributed by atoms with Crippen LogP contribution < -0.4 is 21.7 Å². The normalized spacial score (nSPS) is 17.7. The predicted octanol–water partition coefficient (Wildman–Crippen LogP) is -0.569. The molecule has 9 heteroatoms. The minimum absolute atomic E-state index is 0. The highest BCUT2D eigenvalue weighted by molar-refractivity contribution is 5.95. The van der Waals surface area contributed by atoms with E-state index in [1.807, 2.05) is 11.8 Å². The van der Waals surface area contributed by atoms with Crippen molar-refractivity contribution in [2.45, 2.75) is 26.2 Å². The molecular formula is C14H28ClN5O3. The van der Waals surface area contributed by atoms with E-state index < -0.39 is 6.03 Å². The molecule has 0 aliphatic carbocycles. The van der Waals surface area contributed by atoms with E-state index in [0.29, 0.717) is 26.2 Å². The van der Waals surface area contributed by atoms with Gasteiger partial charge in [0.2, 0.25) is 11.8 Å². The van der Waals surface area contributed by atoms with Gasteiger partial charge in [-0.05, 0) is 25.8 Å². The average Bonchev–Trinajstić information content (AvgIpc) is 2.50. The highest BCUT2D eigenvalue weighted by Gasteiger charge is 2.26. The van der Waals surface area contributed by atoms with Crippen molar-refractivity contribution in [1.82, 2.24) is 20.9 Å². The maximum atomic E-state index is 11.9. The number of nitrogens with two attached hydrogens (primary N) is 1. The van der Waals surface area contributed by atoms with E-state index in [0.717, 1.165) is 25.8 Å². The van der Waals surface area contributed by atoms with Crippen molar-refractivity contribution in [2.75, 3.05) is 39.3 Å². The molecule has 0 bridgehead atoms. The number of rotatable bonds is 7. The van der Waals surface area contributed by atoms with E-state index in [1.54, 1.807) is 0 Å². The Bertz CT molecular complexity index is 395. The molecule has 4 amide bonds. The van der Waals surface area contributed by atoms with Gasteiger partial charge in [-0.2, -0.15) is 0 Å². The fraction of sp³-hybridized carbons (Fsp3) is 0.786. The average molecular weight is 350 g/mol. The summed E-state index contributed by atoms with van der Waals surface area (Å²) in [7, 11) is 0. The third kappa shape index (κ3) is 8.73. The van der Waals surface area contributed by atoms with Crippen molar-refractivity contribution >= 4 is 30.3 Å². The smallest absolute Gasteiger partial charge is 0.321 e. The van der Waals surface area contributed by atoms with Crippen LogP contribution >= 0.6 is 12.4 Å². The molecule has 1 atom stereocenters. The lowest BCUT2D eigenvalue weighted by Gasteiger charge is -2.31. The van der Waals surface area contributed by atoms with Gasteiger partial charge in [-0.1, -0.05) is 6.92 Å². The van der Waals surface area contributed by atoms with Crippen LogP contribution in [-0.4, -0.2) is 62.0 Å². The summed E-state index contributed by atoms with van der Waals surface area (Å²) in [4.78, 5) is 37.0. The van der Waals surface area contributed by atoms with Crippen molar-refractivity contribution in [3.05, 3.63) is 0 Å². The molecule has 0 aromatic heterocycles. The monoisotopic (exact) mass is 349 g/mol. The second-order valence-corrected chi connectivity index (χ2v) is 5.46. The Labute approximate surface area is 143 Å². The number of nitrogens with zero attached hydrogens (tertiary/aromatic N) is 1. The third-order valence-corrected chi connectivity index (χ3v) is 3.48. The van der Waals surface area contributed by atoms with Gasteiger partial charge in [0.15, 0.2) is 0 Å². The molecule has 8 nitrogen and oxygen atoms in total. The zero-order valence-corrected chi connectivity index (χ0v) is 14.4. The summed E-state index contributed by atoms with van der Waals surface area (Å²) in [5, 5.41) is 7.65. The first-order valence-corrected chi connectivity index (χ1v) is 7.84. The molecule has 0 aromatic rings. The van der Waals surface area contributed by atoms with E-state index in [2.05, 4.69) is 16.0 Å². The second-order valence-electron chi connectivity index (χ2n) is 5.46. The van der Waals surface area contributed by atoms with Gasteiger partial charge in [-0.3, -0.25) is 19.8 Å². The molecule has 0 radical (unpaired) electrons. The first-order chi connectivity index (χ1) is 10.6. The molecule has 0 saturated carbocycles. The van der Waals surface area contributed by atoms with Gasteiger partial charge in [0.1, 0.15) is 0 Å². The van der Waals surface area contributed by atoms with Gasteiger partial charge < -0.3 is 16.4 Å². The van der Waals surface area contributed by atoms with Crippen molar-refractivity contribution in [3.8, 4) is 0 Å². The topological polar surface area (TPSA) is 117 Å². The Morgan fingerprint density at radius 2 is 1.96 bits per heavy atom. The van der Waals surface area contributed by atoms with Crippen LogP contribution in [0.4, 0.5) is 4.79 Å². The summed E-state index contributed by atoms with van der Waals surface area (Å²) < 4.78 is 0. The number of imide groups is 1. The Balaban J connectivity index is 0.00000484. The quantitative estimate of drug-likeness (QED) is 0.491. The number of carbonyl (C=O) groups excluding carboxylic acids is 3. The zero-order chi connectivity index (χ0) is 16.4. The van der Waals surface area contributed by atoms with Gasteiger partial charge >= 0.3 is 6.03 Å². The summed E-state index contributed by atoms with van der Waals surface area (Å²) in [5.41, 5.74) is 5.36. The number of amides is 4. The van der Waals surface area contributed by atoms with E-state index >= 15 is 0 Å². The minimum Gasteiger partial charge on any atom is -0.355 e. The first kappa shape index (κ1) is 21.6. The first-order valence-electron chi connectivity index (χ1n) is 7.84. The Hall–Kier alpha value is -1.38. The van der Waals surface area contributed by atoms with E-state index in [9.17, 15) is 14.4 Å². The number of hydrogen-bond donors (Lipinski definition) is 4. The van der Waals surface area contributed by atoms with E-state index in [-0.39, 0.29) is 36.7 Å². The predicted molar refractivity (Wildman–Crippen MR) is 90.3 cm³/mol. The summed E-state index contributed by atoms with van der Waals surface area (Å²) in [6.45, 7) is 4.76. The van der Waals surface area contributed by atoms with Crippen LogP contribution in [0.5, 0.6) is 0 Å². The molecule has 1 aliphatic rings. The van der Waals surface area contributed by atoms with Crippen molar-refractivity contribution < 1.29 is 14.4 Å². The number of urea groups is 1. The molecule has 1 unspecified atom stereocenters. The van der Waals surface area contributed by atoms with Crippen LogP contribution in [-0.2, 0) is 9.59 Å². The molecular weight excluding hydrogens is 322 g/mol. The third-order valence-electron chi connectivity index (χ3n) is 3.48. The SMILES string of the molecule is CCCNC(=O)NC(=O)CN1CCCC(C(=O)NCCN)C1.Cl. The lowest BCUT2D eigenvalue weighted by Crippen LogP contribution is -2.49. The number of halogens is 1. The van der Waals surface area contributed by atoms with Crippen molar-refractivity contribution in [1.29, 1.82) is 0 Å². The van der Waals surface area contributed by atoms with Crippen molar-refractivity contribution in [2.24, 2.45) is 11.7 Å². The van der Waals surface area contributed by atoms with Crippen LogP contribution in [0.3, 0.4) is 0 Å². The van der Waals surface area contributed by atoms with Crippen LogP contribution in [0.25, 0.3) is 0 Å². The highest BCUT2D eigenvalue weighted by Crippen LogP contribution is 2.16. The number of carbonyl (C=O) groups is 3. The lowest BCUT2D eigenvalue weighted by molar-refractivity contribution is -0.128. The minimum atomic E-state index is -0.471. The summed E-state index contributed by atoms with van der Waals surface area (Å²) in [5.74, 6) is -0.491. The van der Waals surface area contributed by atoms with Crippen LogP contribution in [0.15, 0.2) is 0 Å². The van der Waals surface area contributed by atoms with Crippen molar-refractivity contribution in [3.63, 3.8) is 0 Å². The van der Waals surface area contributed by atoms with Crippen LogP contribution in [0.1, 0.15) is 26.2 Å². The second kappa shape index (κ2) is 12.1. The number of nitrogens with one attached hydrogen (secondary N) is 3. The molecule has 0 aromatic carbocycles. The molecule has 134 valence electrons. The standard InChI is InChI=1S/C14H27N5O3.ClH/c1-2-6-17-14(22)18-12(20)10-19-8-3-4-11(9-19)13(21)16-7-5-15;/h11H,2-10,15H2,1H3,(H,16,21)(H2,17,18,20,22);1H. The van der Waals surface area contributed by atoms with E-state index in [4.69, 9.17) is 5.73 Å². The molecule has 1 rings (SSSR count). The number of hydrogen-bond acceptors (Lipinski definition) is 5. The summed E-state index contributed by atoms with van der Waals surface area (Å²) in [6.07, 6.45) is 2.48. The fourth-order valence-electron chi connectivity index (χ4n) is 2.40. The molecule has 23 heavy (non-hydrogen) atoms. The number of piperidine rings is 1. The van der Waals surface area contributed by atoms with E-state index in [1.165, 1.54) is 0 Å². The fourth-order valence-corrected chi connectivity index (χ4v) is 2.40. The number of likely N-dealkylation sites (tertiary alicyclic amines) is 1. The van der Waals surface area contributed by atoms with Crippen LogP contribution in [0, 0.1) is 5.92 Å². The molecule has 5 N–H and O–H groups in total. The largest absolute Gasteiger partial charge is 0.355 e. The Morgan fingerprint density at radius 1 is 1.22 bits per heavy atom. The summed E-state index contributed by atoms with van der Waals surface area (Å²) >= 11 is 0. The van der Waals surface area contributed by atoms with Gasteiger partial charge in [0.25, 0.3) is 0 Å².